The molecular weight excluding hydrogens is 158 g/mol. The average Bonchev–Trinajstić information content (AvgIpc) is 2.03. The summed E-state index contributed by atoms with van der Waals surface area (Å²) in [6.45, 7) is 3.70. The number of likely N-dealkylation sites (N-methyl/N-ethyl adjacent to an activating group) is 1. The Morgan fingerprint density at radius 2 is 1.92 bits per heavy atom. The van der Waals surface area contributed by atoms with Gasteiger partial charge in [0.25, 0.3) is 0 Å². The van der Waals surface area contributed by atoms with Crippen molar-refractivity contribution in [2.24, 2.45) is 0 Å². The molecule has 12 heavy (non-hydrogen) atoms. The SMILES string of the molecule is CN1CCN(C=C[N+](=O)[O-])CC1. The molecule has 1 aliphatic rings. The number of nitrogens with zero attached hydrogens (tertiary/aromatic N) is 3. The highest BCUT2D eigenvalue weighted by atomic mass is 16.6. The van der Waals surface area contributed by atoms with E-state index in [0.717, 1.165) is 32.4 Å². The van der Waals surface area contributed by atoms with Gasteiger partial charge in [0.05, 0.1) is 11.1 Å². The summed E-state index contributed by atoms with van der Waals surface area (Å²) >= 11 is 0. The molecule has 1 fully saturated rings. The van der Waals surface area contributed by atoms with Gasteiger partial charge in [-0.05, 0) is 7.05 Å². The van der Waals surface area contributed by atoms with Gasteiger partial charge in [0.15, 0.2) is 0 Å². The van der Waals surface area contributed by atoms with Crippen LogP contribution in [0, 0.1) is 10.1 Å². The molecule has 1 rings (SSSR count). The van der Waals surface area contributed by atoms with Crippen LogP contribution in [0.4, 0.5) is 0 Å². The third-order valence-corrected chi connectivity index (χ3v) is 1.94. The minimum absolute atomic E-state index is 0.432. The lowest BCUT2D eigenvalue weighted by atomic mass is 10.3. The summed E-state index contributed by atoms with van der Waals surface area (Å²) in [7, 11) is 2.05. The molecule has 0 aromatic rings. The molecule has 1 heterocycles. The summed E-state index contributed by atoms with van der Waals surface area (Å²) in [5.41, 5.74) is 0. The topological polar surface area (TPSA) is 49.6 Å². The Bertz CT molecular complexity index is 185. The fraction of sp³-hybridized carbons (Fsp3) is 0.714. The molecule has 0 unspecified atom stereocenters. The van der Waals surface area contributed by atoms with Crippen LogP contribution in [0.2, 0.25) is 0 Å². The van der Waals surface area contributed by atoms with E-state index in [-0.39, 0.29) is 0 Å². The van der Waals surface area contributed by atoms with Crippen LogP contribution in [0.5, 0.6) is 0 Å². The van der Waals surface area contributed by atoms with E-state index < -0.39 is 4.92 Å². The van der Waals surface area contributed by atoms with Gasteiger partial charge in [0.1, 0.15) is 0 Å². The van der Waals surface area contributed by atoms with Crippen LogP contribution >= 0.6 is 0 Å². The van der Waals surface area contributed by atoms with E-state index >= 15 is 0 Å². The Labute approximate surface area is 71.4 Å². The van der Waals surface area contributed by atoms with Crippen molar-refractivity contribution in [3.63, 3.8) is 0 Å². The van der Waals surface area contributed by atoms with Gasteiger partial charge >= 0.3 is 0 Å². The van der Waals surface area contributed by atoms with Crippen LogP contribution in [0.25, 0.3) is 0 Å². The quantitative estimate of drug-likeness (QED) is 0.433. The van der Waals surface area contributed by atoms with Crippen LogP contribution in [0.15, 0.2) is 12.4 Å². The minimum Gasteiger partial charge on any atom is -0.370 e. The molecule has 5 nitrogen and oxygen atoms in total. The highest BCUT2D eigenvalue weighted by molar-refractivity contribution is 4.79. The lowest BCUT2D eigenvalue weighted by molar-refractivity contribution is -0.403. The predicted octanol–water partition coefficient (Wildman–Crippen LogP) is -0.0183. The van der Waals surface area contributed by atoms with E-state index in [1.807, 2.05) is 4.90 Å². The molecule has 1 saturated heterocycles. The van der Waals surface area contributed by atoms with Crippen molar-refractivity contribution in [2.75, 3.05) is 33.2 Å². The monoisotopic (exact) mass is 171 g/mol. The van der Waals surface area contributed by atoms with Gasteiger partial charge in [-0.15, -0.1) is 0 Å². The van der Waals surface area contributed by atoms with Crippen LogP contribution in [0.3, 0.4) is 0 Å². The fourth-order valence-electron chi connectivity index (χ4n) is 1.12. The maximum absolute atomic E-state index is 9.99. The zero-order valence-electron chi connectivity index (χ0n) is 7.14. The van der Waals surface area contributed by atoms with Gasteiger partial charge in [-0.3, -0.25) is 10.1 Å². The molecule has 0 aromatic heterocycles. The Balaban J connectivity index is 2.30. The zero-order valence-corrected chi connectivity index (χ0v) is 7.14. The molecular formula is C7H13N3O2. The first-order chi connectivity index (χ1) is 5.68. The van der Waals surface area contributed by atoms with Crippen molar-refractivity contribution in [2.45, 2.75) is 0 Å². The number of rotatable bonds is 2. The van der Waals surface area contributed by atoms with Crippen molar-refractivity contribution < 1.29 is 4.92 Å². The third kappa shape index (κ3) is 2.87. The average molecular weight is 171 g/mol. The Morgan fingerprint density at radius 1 is 1.33 bits per heavy atom. The van der Waals surface area contributed by atoms with Crippen molar-refractivity contribution in [1.82, 2.24) is 9.80 Å². The van der Waals surface area contributed by atoms with Crippen LogP contribution in [0.1, 0.15) is 0 Å². The summed E-state index contributed by atoms with van der Waals surface area (Å²) in [5, 5.41) is 9.99. The van der Waals surface area contributed by atoms with Crippen molar-refractivity contribution in [3.8, 4) is 0 Å². The van der Waals surface area contributed by atoms with Crippen molar-refractivity contribution in [1.29, 1.82) is 0 Å². The van der Waals surface area contributed by atoms with Crippen molar-refractivity contribution in [3.05, 3.63) is 22.5 Å². The Morgan fingerprint density at radius 3 is 2.42 bits per heavy atom. The smallest absolute Gasteiger partial charge is 0.250 e. The molecule has 1 aliphatic heterocycles. The summed E-state index contributed by atoms with van der Waals surface area (Å²) in [6, 6.07) is 0. The maximum atomic E-state index is 9.99. The summed E-state index contributed by atoms with van der Waals surface area (Å²) < 4.78 is 0. The van der Waals surface area contributed by atoms with Gasteiger partial charge in [-0.1, -0.05) is 0 Å². The second-order valence-corrected chi connectivity index (χ2v) is 2.92. The molecule has 5 heteroatoms. The van der Waals surface area contributed by atoms with E-state index in [4.69, 9.17) is 0 Å². The molecule has 68 valence electrons. The molecule has 0 amide bonds. The van der Waals surface area contributed by atoms with Gasteiger partial charge in [-0.2, -0.15) is 0 Å². The Hall–Kier alpha value is -1.10. The summed E-state index contributed by atoms with van der Waals surface area (Å²) in [4.78, 5) is 13.7. The largest absolute Gasteiger partial charge is 0.370 e. The number of nitro groups is 1. The second kappa shape index (κ2) is 4.06. The highest BCUT2D eigenvalue weighted by Crippen LogP contribution is 1.98. The van der Waals surface area contributed by atoms with Crippen LogP contribution in [-0.4, -0.2) is 47.9 Å². The predicted molar refractivity (Wildman–Crippen MR) is 45.2 cm³/mol. The number of hydrogen-bond donors (Lipinski definition) is 0. The first kappa shape index (κ1) is 8.99. The standard InChI is InChI=1S/C7H13N3O2/c1-8-2-4-9(5-3-8)6-7-10(11)12/h6-7H,2-5H2,1H3. The molecule has 0 spiro atoms. The molecule has 0 N–H and O–H groups in total. The first-order valence-corrected chi connectivity index (χ1v) is 3.93. The fourth-order valence-corrected chi connectivity index (χ4v) is 1.12. The molecule has 0 bridgehead atoms. The van der Waals surface area contributed by atoms with E-state index in [2.05, 4.69) is 11.9 Å². The molecule has 0 atom stereocenters. The molecule has 0 saturated carbocycles. The third-order valence-electron chi connectivity index (χ3n) is 1.94. The van der Waals surface area contributed by atoms with E-state index in [1.54, 1.807) is 6.20 Å². The van der Waals surface area contributed by atoms with Crippen LogP contribution in [-0.2, 0) is 0 Å². The van der Waals surface area contributed by atoms with Gasteiger partial charge in [-0.25, -0.2) is 0 Å². The number of hydrogen-bond acceptors (Lipinski definition) is 4. The van der Waals surface area contributed by atoms with E-state index in [9.17, 15) is 10.1 Å². The van der Waals surface area contributed by atoms with Crippen LogP contribution < -0.4 is 0 Å². The van der Waals surface area contributed by atoms with E-state index in [0.29, 0.717) is 0 Å². The lowest BCUT2D eigenvalue weighted by Crippen LogP contribution is -2.41. The van der Waals surface area contributed by atoms with Crippen molar-refractivity contribution >= 4 is 0 Å². The van der Waals surface area contributed by atoms with Gasteiger partial charge in [0.2, 0.25) is 6.20 Å². The second-order valence-electron chi connectivity index (χ2n) is 2.92. The summed E-state index contributed by atoms with van der Waals surface area (Å²) in [6.07, 6.45) is 2.54. The van der Waals surface area contributed by atoms with Gasteiger partial charge < -0.3 is 9.80 Å². The minimum atomic E-state index is -0.432. The maximum Gasteiger partial charge on any atom is 0.250 e. The Kier molecular flexibility index (Phi) is 3.04. The molecule has 0 aliphatic carbocycles. The molecule has 0 aromatic carbocycles. The number of piperazine rings is 1. The normalized spacial score (nSPS) is 20.2. The van der Waals surface area contributed by atoms with E-state index in [1.165, 1.54) is 0 Å². The zero-order chi connectivity index (χ0) is 8.97. The lowest BCUT2D eigenvalue weighted by Gasteiger charge is -2.30. The highest BCUT2D eigenvalue weighted by Gasteiger charge is 2.10. The van der Waals surface area contributed by atoms with Gasteiger partial charge in [0, 0.05) is 26.2 Å². The summed E-state index contributed by atoms with van der Waals surface area (Å²) in [5.74, 6) is 0. The molecule has 0 radical (unpaired) electrons. The first-order valence-electron chi connectivity index (χ1n) is 3.93.